The van der Waals surface area contributed by atoms with Crippen LogP contribution in [0.1, 0.15) is 24.8 Å². The van der Waals surface area contributed by atoms with Crippen LogP contribution in [0.15, 0.2) is 24.3 Å². The third kappa shape index (κ3) is 1.57. The lowest BCUT2D eigenvalue weighted by molar-refractivity contribution is -0.219. The van der Waals surface area contributed by atoms with Gasteiger partial charge in [-0.15, -0.1) is 0 Å². The lowest BCUT2D eigenvalue weighted by Crippen LogP contribution is -2.71. The second kappa shape index (κ2) is 3.72. The molecule has 0 aromatic heterocycles. The summed E-state index contributed by atoms with van der Waals surface area (Å²) in [5, 5.41) is 9.78. The molecule has 4 rings (SSSR count). The zero-order valence-corrected chi connectivity index (χ0v) is 10.8. The largest absolute Gasteiger partial charge is 0.480 e. The van der Waals surface area contributed by atoms with Gasteiger partial charge in [0.25, 0.3) is 0 Å². The van der Waals surface area contributed by atoms with E-state index in [1.807, 2.05) is 24.3 Å². The maximum absolute atomic E-state index is 10.9. The number of benzene rings is 1. The molecular weight excluding hydrogens is 250 g/mol. The average molecular weight is 266 g/mol. The minimum Gasteiger partial charge on any atom is -0.480 e. The van der Waals surface area contributed by atoms with Gasteiger partial charge in [0.2, 0.25) is 0 Å². The fourth-order valence-electron chi connectivity index (χ4n) is 3.91. The van der Waals surface area contributed by atoms with Crippen molar-refractivity contribution in [3.8, 4) is 0 Å². The van der Waals surface area contributed by atoms with Gasteiger partial charge in [0.1, 0.15) is 6.04 Å². The van der Waals surface area contributed by atoms with Crippen LogP contribution in [0.4, 0.5) is 0 Å². The van der Waals surface area contributed by atoms with Crippen molar-refractivity contribution in [1.29, 1.82) is 0 Å². The topological polar surface area (TPSA) is 63.3 Å². The van der Waals surface area contributed by atoms with Crippen molar-refractivity contribution in [3.05, 3.63) is 34.9 Å². The molecule has 0 spiro atoms. The zero-order chi connectivity index (χ0) is 13.0. The molecule has 0 saturated heterocycles. The first-order chi connectivity index (χ1) is 8.46. The number of aliphatic carboxylic acids is 1. The van der Waals surface area contributed by atoms with Gasteiger partial charge >= 0.3 is 5.97 Å². The van der Waals surface area contributed by atoms with Crippen LogP contribution in [0.2, 0.25) is 5.02 Å². The predicted octanol–water partition coefficient (Wildman–Crippen LogP) is 2.46. The van der Waals surface area contributed by atoms with Gasteiger partial charge in [-0.2, -0.15) is 0 Å². The zero-order valence-electron chi connectivity index (χ0n) is 10.0. The molecule has 96 valence electrons. The Hall–Kier alpha value is -1.06. The second-order valence-corrected chi connectivity index (χ2v) is 6.38. The number of rotatable bonds is 4. The van der Waals surface area contributed by atoms with Crippen LogP contribution >= 0.6 is 11.6 Å². The fourth-order valence-corrected chi connectivity index (χ4v) is 4.11. The van der Waals surface area contributed by atoms with E-state index in [-0.39, 0.29) is 10.8 Å². The van der Waals surface area contributed by atoms with E-state index in [4.69, 9.17) is 22.4 Å². The molecule has 4 heteroatoms. The molecule has 0 heterocycles. The van der Waals surface area contributed by atoms with Crippen molar-refractivity contribution in [2.24, 2.45) is 16.6 Å². The molecule has 2 bridgehead atoms. The summed E-state index contributed by atoms with van der Waals surface area (Å²) in [6.07, 6.45) is 3.73. The van der Waals surface area contributed by atoms with E-state index in [0.29, 0.717) is 0 Å². The number of halogens is 1. The predicted molar refractivity (Wildman–Crippen MR) is 69.5 cm³/mol. The van der Waals surface area contributed by atoms with Gasteiger partial charge in [-0.05, 0) is 48.1 Å². The van der Waals surface area contributed by atoms with E-state index in [1.165, 1.54) is 0 Å². The minimum absolute atomic E-state index is 0.132. The molecule has 0 aliphatic heterocycles. The second-order valence-electron chi connectivity index (χ2n) is 5.98. The molecule has 3 nitrogen and oxygen atoms in total. The molecule has 1 atom stereocenters. The lowest BCUT2D eigenvalue weighted by Gasteiger charge is -2.72. The van der Waals surface area contributed by atoms with Crippen molar-refractivity contribution >= 4 is 17.6 Å². The number of nitrogens with two attached hydrogens (primary N) is 1. The van der Waals surface area contributed by atoms with Crippen molar-refractivity contribution in [2.45, 2.75) is 31.7 Å². The normalized spacial score (nSPS) is 34.3. The first-order valence-electron chi connectivity index (χ1n) is 6.18. The summed E-state index contributed by atoms with van der Waals surface area (Å²) in [6, 6.07) is 7.17. The molecule has 3 saturated carbocycles. The summed E-state index contributed by atoms with van der Waals surface area (Å²) in [5.74, 6) is -0.874. The van der Waals surface area contributed by atoms with E-state index < -0.39 is 12.0 Å². The van der Waals surface area contributed by atoms with Gasteiger partial charge in [0.15, 0.2) is 0 Å². The highest BCUT2D eigenvalue weighted by molar-refractivity contribution is 6.31. The Bertz CT molecular complexity index is 494. The Morgan fingerprint density at radius 3 is 2.56 bits per heavy atom. The highest BCUT2D eigenvalue weighted by Gasteiger charge is 2.70. The Balaban J connectivity index is 1.67. The maximum atomic E-state index is 10.9. The molecule has 0 amide bonds. The quantitative estimate of drug-likeness (QED) is 0.879. The summed E-state index contributed by atoms with van der Waals surface area (Å²) < 4.78 is 0. The van der Waals surface area contributed by atoms with Crippen LogP contribution in [0.25, 0.3) is 0 Å². The number of carbonyl (C=O) groups is 1. The molecule has 0 radical (unpaired) electrons. The SMILES string of the molecule is NC(C(=O)O)C12CC(Cc3ccccc3Cl)(C1)C2. The van der Waals surface area contributed by atoms with E-state index >= 15 is 0 Å². The molecule has 3 N–H and O–H groups in total. The standard InChI is InChI=1S/C14H16ClNO2/c15-10-4-2-1-3-9(10)5-13-6-14(7-13,8-13)11(16)12(17)18/h1-4,11H,5-8,16H2,(H,17,18). The molecule has 1 unspecified atom stereocenters. The van der Waals surface area contributed by atoms with Crippen molar-refractivity contribution < 1.29 is 9.90 Å². The number of hydrogen-bond donors (Lipinski definition) is 2. The van der Waals surface area contributed by atoms with E-state index in [9.17, 15) is 4.79 Å². The molecular formula is C14H16ClNO2. The molecule has 1 aromatic carbocycles. The van der Waals surface area contributed by atoms with E-state index in [2.05, 4.69) is 0 Å². The maximum Gasteiger partial charge on any atom is 0.321 e. The highest BCUT2D eigenvalue weighted by Crippen LogP contribution is 2.75. The average Bonchev–Trinajstić information content (AvgIpc) is 2.22. The van der Waals surface area contributed by atoms with Crippen LogP contribution in [0.3, 0.4) is 0 Å². The summed E-state index contributed by atoms with van der Waals surface area (Å²) in [7, 11) is 0. The van der Waals surface area contributed by atoms with Gasteiger partial charge in [0, 0.05) is 5.02 Å². The van der Waals surface area contributed by atoms with Crippen LogP contribution in [-0.2, 0) is 11.2 Å². The summed E-state index contributed by atoms with van der Waals surface area (Å²) in [5.41, 5.74) is 7.04. The number of hydrogen-bond acceptors (Lipinski definition) is 2. The Morgan fingerprint density at radius 2 is 2.00 bits per heavy atom. The van der Waals surface area contributed by atoms with Crippen LogP contribution in [0, 0.1) is 10.8 Å². The molecule has 1 aromatic rings. The number of carboxylic acids is 1. The van der Waals surface area contributed by atoms with Gasteiger partial charge < -0.3 is 10.8 Å². The van der Waals surface area contributed by atoms with Gasteiger partial charge in [-0.3, -0.25) is 4.79 Å². The molecule has 3 fully saturated rings. The minimum atomic E-state index is -0.874. The van der Waals surface area contributed by atoms with Gasteiger partial charge in [0.05, 0.1) is 0 Å². The summed E-state index contributed by atoms with van der Waals surface area (Å²) >= 11 is 6.16. The summed E-state index contributed by atoms with van der Waals surface area (Å²) in [6.45, 7) is 0. The Morgan fingerprint density at radius 1 is 1.39 bits per heavy atom. The Kier molecular flexibility index (Phi) is 2.48. The van der Waals surface area contributed by atoms with E-state index in [0.717, 1.165) is 36.3 Å². The highest BCUT2D eigenvalue weighted by atomic mass is 35.5. The van der Waals surface area contributed by atoms with Crippen molar-refractivity contribution in [3.63, 3.8) is 0 Å². The third-order valence-electron chi connectivity index (χ3n) is 4.63. The first kappa shape index (κ1) is 12.0. The molecule has 18 heavy (non-hydrogen) atoms. The summed E-state index contributed by atoms with van der Waals surface area (Å²) in [4.78, 5) is 10.9. The smallest absolute Gasteiger partial charge is 0.321 e. The van der Waals surface area contributed by atoms with Crippen molar-refractivity contribution in [2.75, 3.05) is 0 Å². The number of carboxylic acid groups (broad SMARTS) is 1. The molecule has 3 aliphatic rings. The van der Waals surface area contributed by atoms with E-state index in [1.54, 1.807) is 0 Å². The van der Waals surface area contributed by atoms with Crippen LogP contribution in [-0.4, -0.2) is 17.1 Å². The van der Waals surface area contributed by atoms with Gasteiger partial charge in [-0.1, -0.05) is 29.8 Å². The Labute approximate surface area is 111 Å². The fraction of sp³-hybridized carbons (Fsp3) is 0.500. The third-order valence-corrected chi connectivity index (χ3v) is 5.00. The van der Waals surface area contributed by atoms with Crippen LogP contribution in [0.5, 0.6) is 0 Å². The monoisotopic (exact) mass is 265 g/mol. The molecule has 3 aliphatic carbocycles. The first-order valence-corrected chi connectivity index (χ1v) is 6.56. The lowest BCUT2D eigenvalue weighted by atomic mass is 9.32. The van der Waals surface area contributed by atoms with Crippen LogP contribution < -0.4 is 5.73 Å². The van der Waals surface area contributed by atoms with Gasteiger partial charge in [-0.25, -0.2) is 0 Å². The van der Waals surface area contributed by atoms with Crippen molar-refractivity contribution in [1.82, 2.24) is 0 Å².